The summed E-state index contributed by atoms with van der Waals surface area (Å²) >= 11 is 1.48. The first-order valence-corrected chi connectivity index (χ1v) is 10.2. The highest BCUT2D eigenvalue weighted by molar-refractivity contribution is 7.99. The van der Waals surface area contributed by atoms with Gasteiger partial charge in [0.05, 0.1) is 23.9 Å². The number of aromatic nitrogens is 4. The van der Waals surface area contributed by atoms with E-state index >= 15 is 0 Å². The van der Waals surface area contributed by atoms with Crippen molar-refractivity contribution in [2.45, 2.75) is 58.3 Å². The second kappa shape index (κ2) is 7.50. The molecule has 3 rings (SSSR count). The second-order valence-corrected chi connectivity index (χ2v) is 9.06. The van der Waals surface area contributed by atoms with Crippen LogP contribution in [0.5, 0.6) is 0 Å². The van der Waals surface area contributed by atoms with E-state index in [-0.39, 0.29) is 22.8 Å². The van der Waals surface area contributed by atoms with E-state index in [4.69, 9.17) is 0 Å². The van der Waals surface area contributed by atoms with Gasteiger partial charge in [-0.25, -0.2) is 4.98 Å². The molecule has 1 N–H and O–H groups in total. The van der Waals surface area contributed by atoms with Crippen molar-refractivity contribution in [2.75, 3.05) is 12.3 Å². The smallest absolute Gasteiger partial charge is 0.254 e. The van der Waals surface area contributed by atoms with Crippen LogP contribution in [-0.4, -0.2) is 37.5 Å². The van der Waals surface area contributed by atoms with Gasteiger partial charge in [0.2, 0.25) is 5.91 Å². The van der Waals surface area contributed by atoms with E-state index in [0.29, 0.717) is 30.5 Å². The van der Waals surface area contributed by atoms with Gasteiger partial charge in [0, 0.05) is 36.0 Å². The van der Waals surface area contributed by atoms with Gasteiger partial charge >= 0.3 is 0 Å². The molecule has 2 aromatic rings. The summed E-state index contributed by atoms with van der Waals surface area (Å²) in [6.45, 7) is 11.6. The highest BCUT2D eigenvalue weighted by atomic mass is 32.2. The van der Waals surface area contributed by atoms with Crippen molar-refractivity contribution in [1.82, 2.24) is 24.6 Å². The maximum atomic E-state index is 12.5. The minimum Gasteiger partial charge on any atom is -0.354 e. The van der Waals surface area contributed by atoms with Crippen molar-refractivity contribution < 1.29 is 4.79 Å². The Kier molecular flexibility index (Phi) is 5.46. The number of thioether (sulfide) groups is 1. The molecule has 3 heterocycles. The predicted octanol–water partition coefficient (Wildman–Crippen LogP) is 1.89. The minimum absolute atomic E-state index is 0.0264. The number of hydrogen-bond acceptors (Lipinski definition) is 5. The Balaban J connectivity index is 1.63. The van der Waals surface area contributed by atoms with E-state index in [1.165, 1.54) is 11.8 Å². The number of fused-ring (bicyclic) bond motifs is 1. The molecule has 0 bridgehead atoms. The SMILES string of the molecule is Cc1cc(C)n(CCNC(=O)[C@H]2CSc3nc(C(C)(C)C)cc(=O)n3C2)n1. The molecule has 0 radical (unpaired) electrons. The van der Waals surface area contributed by atoms with Gasteiger partial charge in [-0.15, -0.1) is 0 Å². The van der Waals surface area contributed by atoms with Crippen LogP contribution in [0.1, 0.15) is 37.9 Å². The van der Waals surface area contributed by atoms with Gasteiger partial charge < -0.3 is 5.32 Å². The average Bonchev–Trinajstić information content (AvgIpc) is 2.91. The fourth-order valence-electron chi connectivity index (χ4n) is 3.08. The van der Waals surface area contributed by atoms with Crippen molar-refractivity contribution in [3.05, 3.63) is 39.6 Å². The van der Waals surface area contributed by atoms with E-state index in [9.17, 15) is 9.59 Å². The van der Waals surface area contributed by atoms with Crippen LogP contribution in [0.25, 0.3) is 0 Å². The average molecular weight is 390 g/mol. The Bertz CT molecular complexity index is 910. The number of amides is 1. The lowest BCUT2D eigenvalue weighted by Crippen LogP contribution is -2.41. The minimum atomic E-state index is -0.233. The molecule has 8 heteroatoms. The Hall–Kier alpha value is -2.09. The van der Waals surface area contributed by atoms with Gasteiger partial charge in [-0.3, -0.25) is 18.8 Å². The number of rotatable bonds is 4. The summed E-state index contributed by atoms with van der Waals surface area (Å²) in [4.78, 5) is 29.7. The van der Waals surface area contributed by atoms with Gasteiger partial charge in [0.15, 0.2) is 5.16 Å². The zero-order chi connectivity index (χ0) is 19.8. The molecule has 1 aliphatic rings. The van der Waals surface area contributed by atoms with Crippen molar-refractivity contribution in [3.63, 3.8) is 0 Å². The summed E-state index contributed by atoms with van der Waals surface area (Å²) in [5.74, 6) is 0.371. The maximum absolute atomic E-state index is 12.5. The molecule has 146 valence electrons. The highest BCUT2D eigenvalue weighted by Crippen LogP contribution is 2.27. The number of hydrogen-bond donors (Lipinski definition) is 1. The topological polar surface area (TPSA) is 81.8 Å². The molecule has 1 aliphatic heterocycles. The van der Waals surface area contributed by atoms with E-state index < -0.39 is 0 Å². The molecular formula is C19H27N5O2S. The number of nitrogens with one attached hydrogen (secondary N) is 1. The fraction of sp³-hybridized carbons (Fsp3) is 0.579. The Morgan fingerprint density at radius 1 is 1.33 bits per heavy atom. The zero-order valence-corrected chi connectivity index (χ0v) is 17.4. The normalized spacial score (nSPS) is 16.9. The molecular weight excluding hydrogens is 362 g/mol. The number of aryl methyl sites for hydroxylation is 2. The molecule has 7 nitrogen and oxygen atoms in total. The summed E-state index contributed by atoms with van der Waals surface area (Å²) in [6.07, 6.45) is 0. The zero-order valence-electron chi connectivity index (χ0n) is 16.6. The van der Waals surface area contributed by atoms with Crippen LogP contribution in [0.4, 0.5) is 0 Å². The van der Waals surface area contributed by atoms with Gasteiger partial charge in [-0.05, 0) is 19.9 Å². The number of carbonyl (C=O) groups excluding carboxylic acids is 1. The molecule has 0 aromatic carbocycles. The molecule has 27 heavy (non-hydrogen) atoms. The maximum Gasteiger partial charge on any atom is 0.254 e. The summed E-state index contributed by atoms with van der Waals surface area (Å²) in [5, 5.41) is 8.08. The van der Waals surface area contributed by atoms with Crippen LogP contribution in [0.15, 0.2) is 22.1 Å². The van der Waals surface area contributed by atoms with Gasteiger partial charge in [-0.2, -0.15) is 5.10 Å². The number of nitrogens with zero attached hydrogens (tertiary/aromatic N) is 4. The van der Waals surface area contributed by atoms with Crippen molar-refractivity contribution in [2.24, 2.45) is 5.92 Å². The van der Waals surface area contributed by atoms with E-state index in [2.05, 4.69) is 15.4 Å². The van der Waals surface area contributed by atoms with Crippen LogP contribution in [0.2, 0.25) is 0 Å². The summed E-state index contributed by atoms with van der Waals surface area (Å²) in [5.41, 5.74) is 2.58. The molecule has 0 fully saturated rings. The molecule has 2 aromatic heterocycles. The number of carbonyl (C=O) groups is 1. The summed E-state index contributed by atoms with van der Waals surface area (Å²) < 4.78 is 3.51. The predicted molar refractivity (Wildman–Crippen MR) is 106 cm³/mol. The lowest BCUT2D eigenvalue weighted by Gasteiger charge is -2.26. The van der Waals surface area contributed by atoms with Gasteiger partial charge in [-0.1, -0.05) is 32.5 Å². The molecule has 0 spiro atoms. The van der Waals surface area contributed by atoms with Crippen LogP contribution in [-0.2, 0) is 23.3 Å². The molecule has 0 unspecified atom stereocenters. The van der Waals surface area contributed by atoms with Crippen molar-refractivity contribution >= 4 is 17.7 Å². The monoisotopic (exact) mass is 389 g/mol. The first kappa shape index (κ1) is 19.7. The van der Waals surface area contributed by atoms with Crippen LogP contribution >= 0.6 is 11.8 Å². The van der Waals surface area contributed by atoms with E-state index in [0.717, 1.165) is 17.1 Å². The summed E-state index contributed by atoms with van der Waals surface area (Å²) in [7, 11) is 0. The second-order valence-electron chi connectivity index (χ2n) is 8.07. The first-order chi connectivity index (χ1) is 12.6. The highest BCUT2D eigenvalue weighted by Gasteiger charge is 2.28. The fourth-order valence-corrected chi connectivity index (χ4v) is 4.18. The van der Waals surface area contributed by atoms with Gasteiger partial charge in [0.25, 0.3) is 5.56 Å². The first-order valence-electron chi connectivity index (χ1n) is 9.19. The largest absolute Gasteiger partial charge is 0.354 e. The van der Waals surface area contributed by atoms with Crippen molar-refractivity contribution in [3.8, 4) is 0 Å². The van der Waals surface area contributed by atoms with Crippen LogP contribution in [0.3, 0.4) is 0 Å². The molecule has 1 amide bonds. The van der Waals surface area contributed by atoms with Gasteiger partial charge in [0.1, 0.15) is 0 Å². The Morgan fingerprint density at radius 3 is 2.70 bits per heavy atom. The third-order valence-corrected chi connectivity index (χ3v) is 5.79. The lowest BCUT2D eigenvalue weighted by atomic mass is 9.92. The van der Waals surface area contributed by atoms with Crippen molar-refractivity contribution in [1.29, 1.82) is 0 Å². The third-order valence-electron chi connectivity index (χ3n) is 4.66. The Morgan fingerprint density at radius 2 is 2.07 bits per heavy atom. The molecule has 1 atom stereocenters. The quantitative estimate of drug-likeness (QED) is 0.808. The van der Waals surface area contributed by atoms with Crippen LogP contribution < -0.4 is 10.9 Å². The third kappa shape index (κ3) is 4.43. The lowest BCUT2D eigenvalue weighted by molar-refractivity contribution is -0.124. The molecule has 0 saturated carbocycles. The Labute approximate surface area is 163 Å². The standard InChI is InChI=1S/C19H27N5O2S/c1-12-8-13(2)24(22-12)7-6-20-17(26)14-10-23-16(25)9-15(19(3,4)5)21-18(23)27-11-14/h8-9,14H,6-7,10-11H2,1-5H3,(H,20,26)/t14-/m1/s1. The molecule has 0 aliphatic carbocycles. The summed E-state index contributed by atoms with van der Waals surface area (Å²) in [6, 6.07) is 3.61. The van der Waals surface area contributed by atoms with E-state index in [1.807, 2.05) is 45.4 Å². The van der Waals surface area contributed by atoms with Crippen LogP contribution in [0, 0.1) is 19.8 Å². The molecule has 0 saturated heterocycles. The van der Waals surface area contributed by atoms with E-state index in [1.54, 1.807) is 10.6 Å².